The number of rotatable bonds is 4. The highest BCUT2D eigenvalue weighted by atomic mass is 15.2. The molecule has 0 radical (unpaired) electrons. The fraction of sp³-hybridized carbons (Fsp3) is 0.250. The number of H-pyrrole nitrogens is 2. The highest BCUT2D eigenvalue weighted by Gasteiger charge is 2.16. The summed E-state index contributed by atoms with van der Waals surface area (Å²) in [5.74, 6) is 2.74. The topological polar surface area (TPSA) is 75.2 Å². The van der Waals surface area contributed by atoms with Crippen molar-refractivity contribution < 1.29 is 0 Å². The van der Waals surface area contributed by atoms with Crippen molar-refractivity contribution in [3.8, 4) is 22.5 Å². The smallest absolute Gasteiger partial charge is 0.109 e. The van der Waals surface area contributed by atoms with Crippen LogP contribution in [0.2, 0.25) is 0 Å². The van der Waals surface area contributed by atoms with Gasteiger partial charge >= 0.3 is 0 Å². The van der Waals surface area contributed by atoms with Gasteiger partial charge in [-0.05, 0) is 28.3 Å². The summed E-state index contributed by atoms with van der Waals surface area (Å²) in [5, 5.41) is 10.6. The summed E-state index contributed by atoms with van der Waals surface area (Å²) in [6.07, 6.45) is 5.84. The third-order valence-corrected chi connectivity index (χ3v) is 6.72. The molecule has 6 heteroatoms. The van der Waals surface area contributed by atoms with Crippen molar-refractivity contribution in [3.05, 3.63) is 66.6 Å². The molecule has 0 aliphatic heterocycles. The Bertz CT molecular complexity index is 1680. The minimum Gasteiger partial charge on any atom is -0.342 e. The van der Waals surface area contributed by atoms with Crippen LogP contribution in [0.3, 0.4) is 0 Å². The number of fused-ring (bicyclic) bond motifs is 6. The largest absolute Gasteiger partial charge is 0.342 e. The highest BCUT2D eigenvalue weighted by molar-refractivity contribution is 6.25. The van der Waals surface area contributed by atoms with E-state index in [4.69, 9.17) is 0 Å². The molecule has 0 atom stereocenters. The fourth-order valence-electron chi connectivity index (χ4n) is 4.82. The lowest BCUT2D eigenvalue weighted by Crippen LogP contribution is -1.92. The van der Waals surface area contributed by atoms with Gasteiger partial charge in [-0.1, -0.05) is 52.0 Å². The monoisotopic (exact) mass is 448 g/mol. The molecule has 0 amide bonds. The maximum atomic E-state index is 4.63. The summed E-state index contributed by atoms with van der Waals surface area (Å²) < 4.78 is 1.98. The van der Waals surface area contributed by atoms with Gasteiger partial charge < -0.3 is 9.97 Å². The van der Waals surface area contributed by atoms with Gasteiger partial charge in [0, 0.05) is 40.8 Å². The van der Waals surface area contributed by atoms with E-state index in [2.05, 4.69) is 89.1 Å². The number of aromatic amines is 2. The van der Waals surface area contributed by atoms with Crippen LogP contribution in [0, 0.1) is 0 Å². The normalized spacial score (nSPS) is 12.2. The van der Waals surface area contributed by atoms with Gasteiger partial charge in [0.05, 0.1) is 35.5 Å². The van der Waals surface area contributed by atoms with Crippen molar-refractivity contribution in [1.82, 2.24) is 29.7 Å². The van der Waals surface area contributed by atoms with Gasteiger partial charge in [0.1, 0.15) is 11.6 Å². The van der Waals surface area contributed by atoms with Crippen LogP contribution in [0.5, 0.6) is 0 Å². The minimum atomic E-state index is 0.364. The van der Waals surface area contributed by atoms with Crippen molar-refractivity contribution in [1.29, 1.82) is 0 Å². The van der Waals surface area contributed by atoms with Gasteiger partial charge in [0.25, 0.3) is 0 Å². The van der Waals surface area contributed by atoms with Crippen LogP contribution in [-0.2, 0) is 7.05 Å². The first kappa shape index (κ1) is 20.7. The average Bonchev–Trinajstić information content (AvgIpc) is 3.58. The number of aryl methyl sites for hydroxylation is 1. The Balaban J connectivity index is 1.58. The number of nitrogens with zero attached hydrogens (tertiary/aromatic N) is 4. The molecule has 0 spiro atoms. The summed E-state index contributed by atoms with van der Waals surface area (Å²) >= 11 is 0. The fourth-order valence-corrected chi connectivity index (χ4v) is 4.82. The molecule has 0 unspecified atom stereocenters. The molecule has 0 aliphatic rings. The van der Waals surface area contributed by atoms with E-state index in [1.165, 1.54) is 21.5 Å². The Labute approximate surface area is 198 Å². The second-order valence-electron chi connectivity index (χ2n) is 9.72. The van der Waals surface area contributed by atoms with Crippen molar-refractivity contribution in [3.63, 3.8) is 0 Å². The Kier molecular flexibility index (Phi) is 4.59. The van der Waals surface area contributed by atoms with Crippen LogP contribution >= 0.6 is 0 Å². The van der Waals surface area contributed by atoms with E-state index in [-0.39, 0.29) is 0 Å². The van der Waals surface area contributed by atoms with Crippen LogP contribution in [0.4, 0.5) is 0 Å². The van der Waals surface area contributed by atoms with Crippen molar-refractivity contribution in [2.75, 3.05) is 0 Å². The molecular formula is C28H28N6. The first-order valence-electron chi connectivity index (χ1n) is 11.8. The second-order valence-corrected chi connectivity index (χ2v) is 9.72. The zero-order valence-electron chi connectivity index (χ0n) is 20.1. The van der Waals surface area contributed by atoms with E-state index < -0.39 is 0 Å². The number of imidazole rings is 2. The molecule has 3 aromatic heterocycles. The van der Waals surface area contributed by atoms with Crippen LogP contribution in [0.25, 0.3) is 55.0 Å². The van der Waals surface area contributed by atoms with E-state index in [0.29, 0.717) is 11.8 Å². The van der Waals surface area contributed by atoms with Crippen LogP contribution < -0.4 is 0 Å². The molecule has 0 saturated heterocycles. The summed E-state index contributed by atoms with van der Waals surface area (Å²) in [6, 6.07) is 13.3. The number of hydrogen-bond acceptors (Lipinski definition) is 3. The quantitative estimate of drug-likeness (QED) is 0.288. The van der Waals surface area contributed by atoms with Gasteiger partial charge in [-0.15, -0.1) is 0 Å². The Morgan fingerprint density at radius 3 is 1.71 bits per heavy atom. The third-order valence-electron chi connectivity index (χ3n) is 6.72. The number of benzene rings is 3. The average molecular weight is 449 g/mol. The maximum absolute atomic E-state index is 4.63. The Hall–Kier alpha value is -3.93. The molecule has 170 valence electrons. The molecule has 2 N–H and O–H groups in total. The molecular weight excluding hydrogens is 420 g/mol. The molecule has 6 aromatic rings. The third kappa shape index (κ3) is 3.13. The maximum Gasteiger partial charge on any atom is 0.109 e. The van der Waals surface area contributed by atoms with Gasteiger partial charge in [-0.3, -0.25) is 4.68 Å². The first-order valence-corrected chi connectivity index (χ1v) is 11.8. The van der Waals surface area contributed by atoms with E-state index >= 15 is 0 Å². The van der Waals surface area contributed by atoms with Crippen molar-refractivity contribution >= 4 is 32.4 Å². The summed E-state index contributed by atoms with van der Waals surface area (Å²) in [6.45, 7) is 8.59. The van der Waals surface area contributed by atoms with Gasteiger partial charge in [0.15, 0.2) is 0 Å². The van der Waals surface area contributed by atoms with Gasteiger partial charge in [0.2, 0.25) is 0 Å². The van der Waals surface area contributed by atoms with E-state index in [9.17, 15) is 0 Å². The standard InChI is InChI=1S/C28H28N6/c1-15(2)27-29-13-24(32-27)17-6-8-19-20-9-7-18(25-14-30-28(33-25)16(3)4)11-22(20)26-23(21(19)10-17)12-31-34(26)5/h6-16H,1-5H3,(H,29,32)(H,30,33). The van der Waals surface area contributed by atoms with Crippen LogP contribution in [-0.4, -0.2) is 29.7 Å². The lowest BCUT2D eigenvalue weighted by atomic mass is 9.94. The molecule has 6 rings (SSSR count). The molecule has 3 aromatic carbocycles. The highest BCUT2D eigenvalue weighted by Crippen LogP contribution is 2.38. The molecule has 34 heavy (non-hydrogen) atoms. The molecule has 0 bridgehead atoms. The van der Waals surface area contributed by atoms with Crippen LogP contribution in [0.15, 0.2) is 55.0 Å². The summed E-state index contributed by atoms with van der Waals surface area (Å²) in [7, 11) is 2.01. The predicted octanol–water partition coefficient (Wildman–Crippen LogP) is 6.91. The summed E-state index contributed by atoms with van der Waals surface area (Å²) in [4.78, 5) is 16.1. The van der Waals surface area contributed by atoms with Gasteiger partial charge in [-0.2, -0.15) is 5.10 Å². The first-order chi connectivity index (χ1) is 16.4. The number of aromatic nitrogens is 6. The molecule has 0 saturated carbocycles. The molecule has 6 nitrogen and oxygen atoms in total. The lowest BCUT2D eigenvalue weighted by molar-refractivity contribution is 0.795. The second kappa shape index (κ2) is 7.55. The number of hydrogen-bond donors (Lipinski definition) is 2. The predicted molar refractivity (Wildman–Crippen MR) is 139 cm³/mol. The SMILES string of the molecule is CC(C)c1ncc(-c2ccc3c(c2)c2cnn(C)c2c2cc(-c4cnc(C(C)C)[nH]4)ccc32)[nH]1. The van der Waals surface area contributed by atoms with E-state index in [1.54, 1.807) is 0 Å². The molecule has 0 aliphatic carbocycles. The van der Waals surface area contributed by atoms with Gasteiger partial charge in [-0.25, -0.2) is 9.97 Å². The van der Waals surface area contributed by atoms with Crippen molar-refractivity contribution in [2.45, 2.75) is 39.5 Å². The van der Waals surface area contributed by atoms with Crippen molar-refractivity contribution in [2.24, 2.45) is 7.05 Å². The zero-order valence-corrected chi connectivity index (χ0v) is 20.1. The lowest BCUT2D eigenvalue weighted by Gasteiger charge is -2.11. The zero-order chi connectivity index (χ0) is 23.6. The summed E-state index contributed by atoms with van der Waals surface area (Å²) in [5.41, 5.74) is 5.48. The minimum absolute atomic E-state index is 0.364. The van der Waals surface area contributed by atoms with E-state index in [1.807, 2.05) is 30.3 Å². The molecule has 3 heterocycles. The Morgan fingerprint density at radius 2 is 1.18 bits per heavy atom. The Morgan fingerprint density at radius 1 is 0.647 bits per heavy atom. The van der Waals surface area contributed by atoms with Crippen LogP contribution in [0.1, 0.15) is 51.2 Å². The number of nitrogens with one attached hydrogen (secondary N) is 2. The molecule has 0 fully saturated rings. The van der Waals surface area contributed by atoms with E-state index in [0.717, 1.165) is 45.1 Å².